The van der Waals surface area contributed by atoms with E-state index >= 15 is 0 Å². The van der Waals surface area contributed by atoms with Crippen molar-refractivity contribution in [2.75, 3.05) is 0 Å². The lowest BCUT2D eigenvalue weighted by molar-refractivity contribution is -0.133. The third kappa shape index (κ3) is 2.39. The summed E-state index contributed by atoms with van der Waals surface area (Å²) in [5.74, 6) is -1.75. The second-order valence-electron chi connectivity index (χ2n) is 6.05. The molecule has 1 atom stereocenters. The minimum atomic E-state index is -1.93. The van der Waals surface area contributed by atoms with E-state index < -0.39 is 22.5 Å². The predicted molar refractivity (Wildman–Crippen MR) is 83.6 cm³/mol. The fourth-order valence-electron chi connectivity index (χ4n) is 3.35. The van der Waals surface area contributed by atoms with E-state index in [2.05, 4.69) is 0 Å². The molecule has 7 heteroatoms. The van der Waals surface area contributed by atoms with Gasteiger partial charge in [0.2, 0.25) is 0 Å². The first kappa shape index (κ1) is 18.3. The first-order chi connectivity index (χ1) is 11.9. The number of hydrogen-bond acceptors (Lipinski definition) is 7. The van der Waals surface area contributed by atoms with Crippen molar-refractivity contribution in [3.63, 3.8) is 0 Å². The van der Waals surface area contributed by atoms with Gasteiger partial charge in [-0.2, -0.15) is 0 Å². The Kier molecular flexibility index (Phi) is 4.69. The van der Waals surface area contributed by atoms with Gasteiger partial charge in [0.15, 0.2) is 12.1 Å². The lowest BCUT2D eigenvalue weighted by Gasteiger charge is -2.41. The maximum Gasteiger partial charge on any atom is 0.160 e. The topological polar surface area (TPSA) is 119 Å². The Hall–Kier alpha value is -3.09. The smallest absolute Gasteiger partial charge is 0.160 e. The van der Waals surface area contributed by atoms with E-state index in [4.69, 9.17) is 0 Å². The highest BCUT2D eigenvalue weighted by atomic mass is 16.1. The monoisotopic (exact) mass is 342 g/mol. The Labute approximate surface area is 142 Å². The Bertz CT molecular complexity index is 790. The molecule has 1 aliphatic rings. The molecule has 1 unspecified atom stereocenters. The van der Waals surface area contributed by atoms with Crippen LogP contribution in [0.5, 0.6) is 0 Å². The number of carbonyl (C=O) groups excluding carboxylic acids is 7. The molecule has 1 aromatic rings. The van der Waals surface area contributed by atoms with Gasteiger partial charge in [-0.1, -0.05) is 0 Å². The van der Waals surface area contributed by atoms with Crippen molar-refractivity contribution >= 4 is 43.5 Å². The zero-order chi connectivity index (χ0) is 18.8. The van der Waals surface area contributed by atoms with Crippen LogP contribution in [0.15, 0.2) is 12.1 Å². The minimum Gasteiger partial charge on any atom is -0.303 e. The first-order valence-corrected chi connectivity index (χ1v) is 7.35. The van der Waals surface area contributed by atoms with E-state index in [1.165, 1.54) is 13.0 Å². The molecule has 0 fully saturated rings. The molecule has 0 saturated carbocycles. The summed E-state index contributed by atoms with van der Waals surface area (Å²) in [6.07, 6.45) is 1.49. The van der Waals surface area contributed by atoms with Crippen LogP contribution < -0.4 is 0 Å². The fraction of sp³-hybridized carbons (Fsp3) is 0.278. The summed E-state index contributed by atoms with van der Waals surface area (Å²) >= 11 is 0. The van der Waals surface area contributed by atoms with Crippen LogP contribution in [0.1, 0.15) is 45.2 Å². The zero-order valence-corrected chi connectivity index (χ0v) is 13.3. The number of fused-ring (bicyclic) bond motifs is 1. The van der Waals surface area contributed by atoms with Crippen LogP contribution in [-0.4, -0.2) is 43.5 Å². The van der Waals surface area contributed by atoms with Crippen LogP contribution in [0.3, 0.4) is 0 Å². The number of Topliss-reactive ketones (excluding diaryl/α,β-unsaturated/α-hetero) is 1. The molecule has 128 valence electrons. The fourth-order valence-corrected chi connectivity index (χ4v) is 3.35. The molecule has 0 aliphatic heterocycles. The normalized spacial score (nSPS) is 19.8. The predicted octanol–water partition coefficient (Wildman–Crippen LogP) is 0.192. The molecule has 1 aromatic carbocycles. The van der Waals surface area contributed by atoms with Crippen molar-refractivity contribution < 1.29 is 33.6 Å². The van der Waals surface area contributed by atoms with Crippen LogP contribution in [0.25, 0.3) is 0 Å². The molecule has 25 heavy (non-hydrogen) atoms. The Morgan fingerprint density at radius 2 is 1.56 bits per heavy atom. The summed E-state index contributed by atoms with van der Waals surface area (Å²) in [6, 6.07) is 2.30. The quantitative estimate of drug-likeness (QED) is 0.394. The molecule has 2 rings (SSSR count). The summed E-state index contributed by atoms with van der Waals surface area (Å²) < 4.78 is 0. The molecule has 1 aliphatic carbocycles. The molecule has 0 aromatic heterocycles. The molecule has 0 N–H and O–H groups in total. The largest absolute Gasteiger partial charge is 0.303 e. The van der Waals surface area contributed by atoms with Gasteiger partial charge >= 0.3 is 0 Å². The Balaban J connectivity index is 3.04. The molecule has 0 radical (unpaired) electrons. The van der Waals surface area contributed by atoms with Gasteiger partial charge in [0.1, 0.15) is 42.3 Å². The van der Waals surface area contributed by atoms with Crippen LogP contribution >= 0.6 is 0 Å². The van der Waals surface area contributed by atoms with E-state index in [0.717, 1.165) is 6.07 Å². The number of ketones is 1. The van der Waals surface area contributed by atoms with Gasteiger partial charge in [0.05, 0.1) is 0 Å². The first-order valence-electron chi connectivity index (χ1n) is 7.35. The van der Waals surface area contributed by atoms with Crippen molar-refractivity contribution in [2.45, 2.75) is 24.2 Å². The highest BCUT2D eigenvalue weighted by molar-refractivity contribution is 6.06. The number of carbonyl (C=O) groups is 7. The van der Waals surface area contributed by atoms with Gasteiger partial charge in [-0.25, -0.2) is 0 Å². The average molecular weight is 342 g/mol. The van der Waals surface area contributed by atoms with Crippen molar-refractivity contribution in [3.8, 4) is 0 Å². The second-order valence-corrected chi connectivity index (χ2v) is 6.05. The summed E-state index contributed by atoms with van der Waals surface area (Å²) in [4.78, 5) is 81.4. The van der Waals surface area contributed by atoms with E-state index in [1.54, 1.807) is 0 Å². The average Bonchev–Trinajstić information content (AvgIpc) is 2.65. The van der Waals surface area contributed by atoms with Crippen LogP contribution in [0, 0.1) is 5.92 Å². The molecule has 7 nitrogen and oxygen atoms in total. The van der Waals surface area contributed by atoms with Crippen LogP contribution in [0.4, 0.5) is 0 Å². The van der Waals surface area contributed by atoms with Gasteiger partial charge in [0, 0.05) is 17.0 Å². The van der Waals surface area contributed by atoms with Crippen molar-refractivity contribution in [1.82, 2.24) is 0 Å². The van der Waals surface area contributed by atoms with Gasteiger partial charge in [-0.3, -0.25) is 9.59 Å². The summed E-state index contributed by atoms with van der Waals surface area (Å²) in [7, 11) is 0. The maximum absolute atomic E-state index is 11.8. The molecule has 0 saturated heterocycles. The van der Waals surface area contributed by atoms with Crippen LogP contribution in [-0.2, 0) is 34.8 Å². The third-order valence-corrected chi connectivity index (χ3v) is 4.81. The SMILES string of the molecule is CC(=O)c1cc2c(cc1C=O)C(C=O)(C=O)C(C=O)CC2(C=O)C=O. The van der Waals surface area contributed by atoms with Gasteiger partial charge in [0.25, 0.3) is 0 Å². The lowest BCUT2D eigenvalue weighted by Crippen LogP contribution is -2.51. The van der Waals surface area contributed by atoms with Gasteiger partial charge < -0.3 is 24.0 Å². The number of hydrogen-bond donors (Lipinski definition) is 0. The zero-order valence-electron chi connectivity index (χ0n) is 13.3. The lowest BCUT2D eigenvalue weighted by atomic mass is 9.56. The van der Waals surface area contributed by atoms with Crippen LogP contribution in [0.2, 0.25) is 0 Å². The Morgan fingerprint density at radius 3 is 1.96 bits per heavy atom. The molecular formula is C18H14O7. The maximum atomic E-state index is 11.8. The minimum absolute atomic E-state index is 0.0226. The van der Waals surface area contributed by atoms with E-state index in [9.17, 15) is 33.6 Å². The van der Waals surface area contributed by atoms with E-state index in [1.807, 2.05) is 0 Å². The van der Waals surface area contributed by atoms with E-state index in [-0.39, 0.29) is 41.2 Å². The molecule has 0 amide bonds. The second kappa shape index (κ2) is 6.43. The van der Waals surface area contributed by atoms with Gasteiger partial charge in [-0.05, 0) is 36.6 Å². The number of aldehydes is 6. The molecule has 0 bridgehead atoms. The summed E-state index contributed by atoms with van der Waals surface area (Å²) in [5, 5.41) is 0. The van der Waals surface area contributed by atoms with Crippen molar-refractivity contribution in [3.05, 3.63) is 34.4 Å². The molecule has 0 spiro atoms. The molecule has 0 heterocycles. The number of benzene rings is 1. The highest BCUT2D eigenvalue weighted by Crippen LogP contribution is 2.46. The third-order valence-electron chi connectivity index (χ3n) is 4.81. The van der Waals surface area contributed by atoms with Crippen molar-refractivity contribution in [1.29, 1.82) is 0 Å². The van der Waals surface area contributed by atoms with Gasteiger partial charge in [-0.15, -0.1) is 0 Å². The standard InChI is InChI=1S/C18H14O7/c1-11(25)14-3-15-16(2-12(14)5-19)18(9-23,10-24)13(6-20)4-17(15,7-21)8-22/h2-3,5-10,13H,4H2,1H3. The van der Waals surface area contributed by atoms with Crippen molar-refractivity contribution in [2.24, 2.45) is 5.92 Å². The Morgan fingerprint density at radius 1 is 0.960 bits per heavy atom. The summed E-state index contributed by atoms with van der Waals surface area (Å²) in [5.41, 5.74) is -3.98. The van der Waals surface area contributed by atoms with E-state index in [0.29, 0.717) is 25.1 Å². The number of rotatable bonds is 7. The summed E-state index contributed by atoms with van der Waals surface area (Å²) in [6.45, 7) is 1.20. The highest BCUT2D eigenvalue weighted by Gasteiger charge is 2.54. The molecular weight excluding hydrogens is 328 g/mol.